The lowest BCUT2D eigenvalue weighted by atomic mass is 10.2. The van der Waals surface area contributed by atoms with Crippen molar-refractivity contribution in [3.8, 4) is 0 Å². The summed E-state index contributed by atoms with van der Waals surface area (Å²) in [5.74, 6) is -6.18. The highest BCUT2D eigenvalue weighted by Gasteiger charge is 2.20. The van der Waals surface area contributed by atoms with Crippen LogP contribution in [-0.2, 0) is 14.3 Å². The van der Waals surface area contributed by atoms with Crippen LogP contribution in [0, 0.1) is 17.5 Å². The molecule has 1 N–H and O–H groups in total. The van der Waals surface area contributed by atoms with E-state index in [4.69, 9.17) is 4.74 Å². The van der Waals surface area contributed by atoms with Crippen LogP contribution in [0.3, 0.4) is 0 Å². The van der Waals surface area contributed by atoms with E-state index in [1.165, 1.54) is 13.0 Å². The Hall–Kier alpha value is -2.31. The summed E-state index contributed by atoms with van der Waals surface area (Å²) < 4.78 is 43.9. The second kappa shape index (κ2) is 6.92. The van der Waals surface area contributed by atoms with Crippen molar-refractivity contribution in [3.05, 3.63) is 41.2 Å². The third kappa shape index (κ3) is 4.62. The van der Waals surface area contributed by atoms with Gasteiger partial charge in [-0.25, -0.2) is 18.0 Å². The van der Waals surface area contributed by atoms with Crippen LogP contribution in [0.5, 0.6) is 0 Å². The second-order valence-electron chi connectivity index (χ2n) is 4.51. The molecule has 21 heavy (non-hydrogen) atoms. The van der Waals surface area contributed by atoms with Gasteiger partial charge in [-0.15, -0.1) is 0 Å². The van der Waals surface area contributed by atoms with Crippen LogP contribution in [0.25, 0.3) is 0 Å². The second-order valence-corrected chi connectivity index (χ2v) is 4.51. The van der Waals surface area contributed by atoms with Crippen LogP contribution >= 0.6 is 0 Å². The predicted octanol–water partition coefficient (Wildman–Crippen LogP) is 2.94. The van der Waals surface area contributed by atoms with E-state index in [1.807, 2.05) is 5.32 Å². The summed E-state index contributed by atoms with van der Waals surface area (Å²) in [6.45, 7) is 4.61. The first-order chi connectivity index (χ1) is 9.72. The normalized spacial score (nSPS) is 11.5. The summed E-state index contributed by atoms with van der Waals surface area (Å²) in [5.41, 5.74) is 0.142. The third-order valence-electron chi connectivity index (χ3n) is 2.36. The van der Waals surface area contributed by atoms with E-state index in [-0.39, 0.29) is 0 Å². The number of esters is 1. The molecule has 1 aromatic carbocycles. The van der Waals surface area contributed by atoms with Crippen LogP contribution in [0.2, 0.25) is 0 Å². The van der Waals surface area contributed by atoms with Gasteiger partial charge in [0.15, 0.2) is 23.6 Å². The monoisotopic (exact) mass is 301 g/mol. The number of hydrogen-bond donors (Lipinski definition) is 1. The summed E-state index contributed by atoms with van der Waals surface area (Å²) in [7, 11) is 0. The van der Waals surface area contributed by atoms with E-state index in [1.54, 1.807) is 13.8 Å². The first-order valence-corrected chi connectivity index (χ1v) is 6.02. The van der Waals surface area contributed by atoms with Crippen molar-refractivity contribution in [2.45, 2.75) is 26.9 Å². The Morgan fingerprint density at radius 1 is 1.19 bits per heavy atom. The molecule has 1 aromatic rings. The van der Waals surface area contributed by atoms with Gasteiger partial charge in [0.05, 0.1) is 5.69 Å². The lowest BCUT2D eigenvalue weighted by Gasteiger charge is -2.13. The molecule has 0 aromatic heterocycles. The molecule has 7 heteroatoms. The minimum absolute atomic E-state index is 0.538. The van der Waals surface area contributed by atoms with Crippen molar-refractivity contribution in [2.75, 3.05) is 5.32 Å². The molecule has 0 radical (unpaired) electrons. The fourth-order valence-corrected chi connectivity index (χ4v) is 1.35. The number of carbonyl (C=O) groups is 2. The van der Waals surface area contributed by atoms with Gasteiger partial charge in [0.2, 0.25) is 0 Å². The van der Waals surface area contributed by atoms with Gasteiger partial charge in [0.25, 0.3) is 5.91 Å². The Bertz CT molecular complexity index is 595. The van der Waals surface area contributed by atoms with Gasteiger partial charge in [0.1, 0.15) is 0 Å². The molecule has 0 saturated heterocycles. The molecule has 0 aliphatic carbocycles. The van der Waals surface area contributed by atoms with Crippen LogP contribution in [0.4, 0.5) is 18.9 Å². The Kier molecular flexibility index (Phi) is 5.52. The molecule has 0 bridgehead atoms. The summed E-state index contributed by atoms with van der Waals surface area (Å²) in [6.07, 6.45) is -0.0392. The minimum Gasteiger partial charge on any atom is -0.449 e. The number of amides is 1. The molecule has 0 saturated carbocycles. The number of rotatable bonds is 4. The third-order valence-corrected chi connectivity index (χ3v) is 2.36. The van der Waals surface area contributed by atoms with Gasteiger partial charge in [-0.3, -0.25) is 4.79 Å². The molecule has 0 spiro atoms. The number of allylic oxidation sites excluding steroid dienone is 1. The average Bonchev–Trinajstić information content (AvgIpc) is 2.38. The average molecular weight is 301 g/mol. The highest BCUT2D eigenvalue weighted by molar-refractivity contribution is 5.96. The van der Waals surface area contributed by atoms with Crippen molar-refractivity contribution >= 4 is 17.6 Å². The van der Waals surface area contributed by atoms with Crippen LogP contribution in [-0.4, -0.2) is 18.0 Å². The molecule has 4 nitrogen and oxygen atoms in total. The molecular weight excluding hydrogens is 287 g/mol. The van der Waals surface area contributed by atoms with Crippen molar-refractivity contribution in [2.24, 2.45) is 0 Å². The van der Waals surface area contributed by atoms with Gasteiger partial charge in [0, 0.05) is 6.08 Å². The number of anilines is 1. The van der Waals surface area contributed by atoms with E-state index < -0.39 is 41.1 Å². The maximum Gasteiger partial charge on any atom is 0.331 e. The lowest BCUT2D eigenvalue weighted by Crippen LogP contribution is -2.30. The number of carbonyl (C=O) groups excluding carboxylic acids is 2. The maximum absolute atomic E-state index is 13.4. The number of benzene rings is 1. The zero-order valence-electron chi connectivity index (χ0n) is 11.7. The number of ether oxygens (including phenoxy) is 1. The molecule has 0 unspecified atom stereocenters. The smallest absolute Gasteiger partial charge is 0.331 e. The van der Waals surface area contributed by atoms with E-state index >= 15 is 0 Å². The van der Waals surface area contributed by atoms with Gasteiger partial charge >= 0.3 is 5.97 Å². The number of hydrogen-bond acceptors (Lipinski definition) is 3. The van der Waals surface area contributed by atoms with Crippen molar-refractivity contribution < 1.29 is 27.5 Å². The van der Waals surface area contributed by atoms with Gasteiger partial charge < -0.3 is 10.1 Å². The fraction of sp³-hybridized carbons (Fsp3) is 0.286. The summed E-state index contributed by atoms with van der Waals surface area (Å²) in [6, 6.07) is 1.55. The summed E-state index contributed by atoms with van der Waals surface area (Å²) >= 11 is 0. The molecule has 0 heterocycles. The Morgan fingerprint density at radius 2 is 1.81 bits per heavy atom. The van der Waals surface area contributed by atoms with E-state index in [9.17, 15) is 22.8 Å². The topological polar surface area (TPSA) is 55.4 Å². The highest BCUT2D eigenvalue weighted by atomic mass is 19.2. The Balaban J connectivity index is 2.75. The summed E-state index contributed by atoms with van der Waals surface area (Å²) in [5, 5.41) is 2.02. The molecule has 0 aliphatic heterocycles. The standard InChI is InChI=1S/C14H14F3NO3/c1-7(2)6-11(19)21-8(3)14(20)18-10-5-4-9(15)12(16)13(10)17/h4-6,8H,1-3H3,(H,18,20)/t8-/m0/s1. The quantitative estimate of drug-likeness (QED) is 0.528. The van der Waals surface area contributed by atoms with Crippen molar-refractivity contribution in [3.63, 3.8) is 0 Å². The molecule has 0 fully saturated rings. The van der Waals surface area contributed by atoms with E-state index in [0.717, 1.165) is 6.07 Å². The molecule has 0 aliphatic rings. The van der Waals surface area contributed by atoms with Gasteiger partial charge in [-0.05, 0) is 32.9 Å². The van der Waals surface area contributed by atoms with Crippen molar-refractivity contribution in [1.29, 1.82) is 0 Å². The number of halogens is 3. The van der Waals surface area contributed by atoms with Crippen LogP contribution in [0.15, 0.2) is 23.8 Å². The lowest BCUT2D eigenvalue weighted by molar-refractivity contribution is -0.148. The van der Waals surface area contributed by atoms with Crippen LogP contribution < -0.4 is 5.32 Å². The SMILES string of the molecule is CC(C)=CC(=O)O[C@@H](C)C(=O)Nc1ccc(F)c(F)c1F. The molecule has 1 atom stereocenters. The zero-order chi connectivity index (χ0) is 16.2. The zero-order valence-corrected chi connectivity index (χ0v) is 11.7. The summed E-state index contributed by atoms with van der Waals surface area (Å²) in [4.78, 5) is 23.0. The minimum atomic E-state index is -1.69. The molecular formula is C14H14F3NO3. The first-order valence-electron chi connectivity index (χ1n) is 6.02. The maximum atomic E-state index is 13.4. The molecule has 1 amide bonds. The van der Waals surface area contributed by atoms with E-state index in [2.05, 4.69) is 0 Å². The van der Waals surface area contributed by atoms with E-state index in [0.29, 0.717) is 11.6 Å². The molecule has 114 valence electrons. The first kappa shape index (κ1) is 16.7. The largest absolute Gasteiger partial charge is 0.449 e. The highest BCUT2D eigenvalue weighted by Crippen LogP contribution is 2.19. The van der Waals surface area contributed by atoms with Gasteiger partial charge in [-0.2, -0.15) is 0 Å². The fourth-order valence-electron chi connectivity index (χ4n) is 1.35. The number of nitrogens with one attached hydrogen (secondary N) is 1. The molecule has 1 rings (SSSR count). The van der Waals surface area contributed by atoms with Crippen LogP contribution in [0.1, 0.15) is 20.8 Å². The van der Waals surface area contributed by atoms with Gasteiger partial charge in [-0.1, -0.05) is 5.57 Å². The predicted molar refractivity (Wildman–Crippen MR) is 69.9 cm³/mol. The Labute approximate surface area is 119 Å². The van der Waals surface area contributed by atoms with Crippen molar-refractivity contribution in [1.82, 2.24) is 0 Å². The Morgan fingerprint density at radius 3 is 2.38 bits per heavy atom.